The van der Waals surface area contributed by atoms with Crippen molar-refractivity contribution in [3.05, 3.63) is 48.0 Å². The van der Waals surface area contributed by atoms with Crippen LogP contribution in [0.15, 0.2) is 42.5 Å². The molecular weight excluding hydrogens is 328 g/mol. The van der Waals surface area contributed by atoms with Gasteiger partial charge in [-0.2, -0.15) is 0 Å². The summed E-state index contributed by atoms with van der Waals surface area (Å²) < 4.78 is 22.7. The maximum atomic E-state index is 12.8. The lowest BCUT2D eigenvalue weighted by atomic mass is 9.88. The van der Waals surface area contributed by atoms with E-state index >= 15 is 0 Å². The summed E-state index contributed by atoms with van der Waals surface area (Å²) in [4.78, 5) is 26.0. The quantitative estimate of drug-likeness (QED) is 0.853. The van der Waals surface area contributed by atoms with Gasteiger partial charge >= 0.3 is 6.03 Å². The highest BCUT2D eigenvalue weighted by atomic mass is 32.2. The highest BCUT2D eigenvalue weighted by molar-refractivity contribution is 7.90. The Kier molecular flexibility index (Phi) is 3.83. The molecule has 1 aliphatic heterocycles. The number of sulfone groups is 1. The lowest BCUT2D eigenvalue weighted by molar-refractivity contribution is -0.130. The van der Waals surface area contributed by atoms with Crippen LogP contribution in [0.5, 0.6) is 0 Å². The average molecular weight is 346 g/mol. The summed E-state index contributed by atoms with van der Waals surface area (Å²) in [5.74, 6) is -0.690. The Labute approximate surface area is 140 Å². The molecule has 0 bridgehead atoms. The van der Waals surface area contributed by atoms with Gasteiger partial charge in [-0.05, 0) is 23.3 Å². The fraction of sp³-hybridized carbons (Fsp3) is 0.294. The maximum Gasteiger partial charge on any atom is 0.325 e. The van der Waals surface area contributed by atoms with Crippen LogP contribution in [0.3, 0.4) is 0 Å². The predicted molar refractivity (Wildman–Crippen MR) is 91.3 cm³/mol. The predicted octanol–water partition coefficient (Wildman–Crippen LogP) is 1.65. The topological polar surface area (TPSA) is 83.6 Å². The first kappa shape index (κ1) is 16.4. The van der Waals surface area contributed by atoms with Crippen LogP contribution in [0.2, 0.25) is 0 Å². The van der Waals surface area contributed by atoms with Gasteiger partial charge in [0.2, 0.25) is 0 Å². The molecule has 7 heteroatoms. The minimum Gasteiger partial charge on any atom is -0.319 e. The number of hydrogen-bond donors (Lipinski definition) is 1. The number of carbonyl (C=O) groups excluding carboxylic acids is 2. The maximum absolute atomic E-state index is 12.8. The van der Waals surface area contributed by atoms with E-state index in [1.54, 1.807) is 13.0 Å². The lowest BCUT2D eigenvalue weighted by Crippen LogP contribution is -2.41. The van der Waals surface area contributed by atoms with Gasteiger partial charge in [-0.3, -0.25) is 9.69 Å². The molecule has 1 aliphatic rings. The average Bonchev–Trinajstić information content (AvgIpc) is 2.74. The summed E-state index contributed by atoms with van der Waals surface area (Å²) >= 11 is 0. The van der Waals surface area contributed by atoms with Crippen molar-refractivity contribution >= 4 is 32.5 Å². The van der Waals surface area contributed by atoms with E-state index in [2.05, 4.69) is 5.32 Å². The van der Waals surface area contributed by atoms with Gasteiger partial charge in [0.15, 0.2) is 0 Å². The summed E-state index contributed by atoms with van der Waals surface area (Å²) in [5.41, 5.74) is -0.518. The van der Waals surface area contributed by atoms with E-state index < -0.39 is 27.3 Å². The van der Waals surface area contributed by atoms with Crippen molar-refractivity contribution in [2.45, 2.75) is 12.5 Å². The molecule has 1 atom stereocenters. The molecule has 1 saturated heterocycles. The van der Waals surface area contributed by atoms with Crippen LogP contribution in [0.4, 0.5) is 4.79 Å². The van der Waals surface area contributed by atoms with Crippen molar-refractivity contribution in [2.75, 3.05) is 18.6 Å². The third kappa shape index (κ3) is 2.75. The second-order valence-electron chi connectivity index (χ2n) is 6.17. The van der Waals surface area contributed by atoms with Crippen LogP contribution in [0.25, 0.3) is 10.8 Å². The Bertz CT molecular complexity index is 933. The molecule has 0 unspecified atom stereocenters. The third-order valence-corrected chi connectivity index (χ3v) is 5.21. The number of imide groups is 1. The number of urea groups is 1. The molecule has 0 aromatic heterocycles. The van der Waals surface area contributed by atoms with E-state index in [0.29, 0.717) is 5.56 Å². The summed E-state index contributed by atoms with van der Waals surface area (Å²) in [5, 5.41) is 4.56. The highest BCUT2D eigenvalue weighted by Crippen LogP contribution is 2.33. The summed E-state index contributed by atoms with van der Waals surface area (Å²) in [6.45, 7) is 1.50. The largest absolute Gasteiger partial charge is 0.325 e. The fourth-order valence-corrected chi connectivity index (χ4v) is 3.52. The molecule has 0 aliphatic carbocycles. The first-order valence-electron chi connectivity index (χ1n) is 7.52. The Balaban J connectivity index is 2.01. The van der Waals surface area contributed by atoms with Gasteiger partial charge in [-0.25, -0.2) is 13.2 Å². The van der Waals surface area contributed by atoms with Gasteiger partial charge in [0.05, 0.1) is 5.75 Å². The molecule has 2 aromatic rings. The number of nitrogens with one attached hydrogen (secondary N) is 1. The number of hydrogen-bond acceptors (Lipinski definition) is 4. The van der Waals surface area contributed by atoms with Crippen LogP contribution in [-0.2, 0) is 20.2 Å². The number of fused-ring (bicyclic) bond motifs is 1. The Morgan fingerprint density at radius 3 is 2.46 bits per heavy atom. The fourth-order valence-electron chi connectivity index (χ4n) is 3.00. The SMILES string of the molecule is C[C@]1(c2cccc3ccccc23)NC(=O)N(CCS(C)(=O)=O)C1=O. The van der Waals surface area contributed by atoms with Crippen LogP contribution >= 0.6 is 0 Å². The molecule has 126 valence electrons. The van der Waals surface area contributed by atoms with Gasteiger partial charge in [0, 0.05) is 12.8 Å². The number of rotatable bonds is 4. The van der Waals surface area contributed by atoms with E-state index in [1.165, 1.54) is 0 Å². The van der Waals surface area contributed by atoms with Crippen molar-refractivity contribution in [2.24, 2.45) is 0 Å². The monoisotopic (exact) mass is 346 g/mol. The van der Waals surface area contributed by atoms with Crippen molar-refractivity contribution in [3.63, 3.8) is 0 Å². The normalized spacial score (nSPS) is 21.3. The van der Waals surface area contributed by atoms with Gasteiger partial charge in [0.25, 0.3) is 5.91 Å². The van der Waals surface area contributed by atoms with Crippen molar-refractivity contribution in [1.82, 2.24) is 10.2 Å². The van der Waals surface area contributed by atoms with E-state index in [4.69, 9.17) is 0 Å². The smallest absolute Gasteiger partial charge is 0.319 e. The second-order valence-corrected chi connectivity index (χ2v) is 8.43. The second kappa shape index (κ2) is 5.59. The van der Waals surface area contributed by atoms with Crippen molar-refractivity contribution in [3.8, 4) is 0 Å². The minimum absolute atomic E-state index is 0.149. The first-order valence-corrected chi connectivity index (χ1v) is 9.58. The van der Waals surface area contributed by atoms with Crippen molar-refractivity contribution in [1.29, 1.82) is 0 Å². The molecule has 0 spiro atoms. The molecule has 1 fully saturated rings. The Morgan fingerprint density at radius 2 is 1.75 bits per heavy atom. The molecule has 0 radical (unpaired) electrons. The molecule has 3 amide bonds. The highest BCUT2D eigenvalue weighted by Gasteiger charge is 2.49. The standard InChI is InChI=1S/C17H18N2O4S/c1-17(14-9-5-7-12-6-3-4-8-13(12)14)15(20)19(16(21)18-17)10-11-24(2,22)23/h3-9H,10-11H2,1-2H3,(H,18,21)/t17-/m1/s1. The molecule has 3 rings (SSSR count). The van der Waals surface area contributed by atoms with Gasteiger partial charge in [-0.1, -0.05) is 42.5 Å². The lowest BCUT2D eigenvalue weighted by Gasteiger charge is -2.24. The molecule has 1 N–H and O–H groups in total. The molecular formula is C17H18N2O4S. The summed E-state index contributed by atoms with van der Waals surface area (Å²) in [6.07, 6.45) is 1.08. The summed E-state index contributed by atoms with van der Waals surface area (Å²) in [6, 6.07) is 12.6. The molecule has 24 heavy (non-hydrogen) atoms. The Morgan fingerprint density at radius 1 is 1.08 bits per heavy atom. The van der Waals surface area contributed by atoms with Crippen LogP contribution in [-0.4, -0.2) is 43.8 Å². The Hall–Kier alpha value is -2.41. The van der Waals surface area contributed by atoms with Gasteiger partial charge in [-0.15, -0.1) is 0 Å². The van der Waals surface area contributed by atoms with E-state index in [-0.39, 0.29) is 12.3 Å². The molecule has 6 nitrogen and oxygen atoms in total. The van der Waals surface area contributed by atoms with E-state index in [1.807, 2.05) is 36.4 Å². The zero-order chi connectivity index (χ0) is 17.5. The number of nitrogens with zero attached hydrogens (tertiary/aromatic N) is 1. The van der Waals surface area contributed by atoms with Crippen LogP contribution in [0, 0.1) is 0 Å². The molecule has 2 aromatic carbocycles. The van der Waals surface area contributed by atoms with Crippen LogP contribution in [0.1, 0.15) is 12.5 Å². The number of amides is 3. The molecule has 1 heterocycles. The number of carbonyl (C=O) groups is 2. The van der Waals surface area contributed by atoms with Gasteiger partial charge < -0.3 is 5.32 Å². The zero-order valence-electron chi connectivity index (χ0n) is 13.4. The summed E-state index contributed by atoms with van der Waals surface area (Å²) in [7, 11) is -3.27. The number of benzene rings is 2. The van der Waals surface area contributed by atoms with E-state index in [0.717, 1.165) is 21.9 Å². The molecule has 0 saturated carbocycles. The van der Waals surface area contributed by atoms with Crippen LogP contribution < -0.4 is 5.32 Å². The first-order chi connectivity index (χ1) is 11.2. The third-order valence-electron chi connectivity index (χ3n) is 4.29. The van der Waals surface area contributed by atoms with Crippen molar-refractivity contribution < 1.29 is 18.0 Å². The van der Waals surface area contributed by atoms with E-state index in [9.17, 15) is 18.0 Å². The zero-order valence-corrected chi connectivity index (χ0v) is 14.3. The van der Waals surface area contributed by atoms with Gasteiger partial charge in [0.1, 0.15) is 15.4 Å². The minimum atomic E-state index is -3.27.